The van der Waals surface area contributed by atoms with Crippen LogP contribution in [-0.2, 0) is 22.9 Å². The molecule has 0 amide bonds. The van der Waals surface area contributed by atoms with E-state index in [9.17, 15) is 8.42 Å². The first-order valence-electron chi connectivity index (χ1n) is 8.98. The molecule has 1 aromatic heterocycles. The van der Waals surface area contributed by atoms with Gasteiger partial charge in [0.2, 0.25) is 0 Å². The minimum absolute atomic E-state index is 0.275. The molecule has 0 radical (unpaired) electrons. The Balaban J connectivity index is 1.79. The third kappa shape index (κ3) is 3.71. The SMILES string of the molecule is Cc1ccc(S(=O)(=O)n2c(CCc3ccc(I)cc3)nc3ccccc32)cc1. The van der Waals surface area contributed by atoms with E-state index in [-0.39, 0.29) is 4.90 Å². The van der Waals surface area contributed by atoms with Gasteiger partial charge in [-0.05, 0) is 77.9 Å². The summed E-state index contributed by atoms with van der Waals surface area (Å²) in [4.78, 5) is 4.91. The molecular formula is C22H19IN2O2S. The molecule has 0 bridgehead atoms. The number of fused-ring (bicyclic) bond motifs is 1. The normalized spacial score (nSPS) is 11.8. The average Bonchev–Trinajstić information content (AvgIpc) is 3.07. The van der Waals surface area contributed by atoms with Crippen LogP contribution in [0, 0.1) is 10.5 Å². The highest BCUT2D eigenvalue weighted by Gasteiger charge is 2.24. The zero-order chi connectivity index (χ0) is 19.7. The molecule has 0 unspecified atom stereocenters. The van der Waals surface area contributed by atoms with Gasteiger partial charge in [-0.15, -0.1) is 0 Å². The number of hydrogen-bond acceptors (Lipinski definition) is 3. The third-order valence-corrected chi connectivity index (χ3v) is 7.17. The van der Waals surface area contributed by atoms with Crippen molar-refractivity contribution in [2.75, 3.05) is 0 Å². The third-order valence-electron chi connectivity index (χ3n) is 4.69. The number of halogens is 1. The Morgan fingerprint density at radius 3 is 2.29 bits per heavy atom. The van der Waals surface area contributed by atoms with Crippen molar-refractivity contribution in [3.8, 4) is 0 Å². The molecule has 4 rings (SSSR count). The Morgan fingerprint density at radius 1 is 0.893 bits per heavy atom. The van der Waals surface area contributed by atoms with Crippen LogP contribution in [0.4, 0.5) is 0 Å². The highest BCUT2D eigenvalue weighted by molar-refractivity contribution is 14.1. The second kappa shape index (κ2) is 7.67. The summed E-state index contributed by atoms with van der Waals surface area (Å²) in [5.41, 5.74) is 3.48. The largest absolute Gasteiger partial charge is 0.269 e. The second-order valence-electron chi connectivity index (χ2n) is 6.73. The number of imidazole rings is 1. The molecule has 0 spiro atoms. The number of rotatable bonds is 5. The lowest BCUT2D eigenvalue weighted by molar-refractivity contribution is 0.585. The van der Waals surface area contributed by atoms with E-state index in [4.69, 9.17) is 0 Å². The first-order valence-corrected chi connectivity index (χ1v) is 11.5. The zero-order valence-electron chi connectivity index (χ0n) is 15.3. The predicted octanol–water partition coefficient (Wildman–Crippen LogP) is 4.97. The second-order valence-corrected chi connectivity index (χ2v) is 9.76. The standard InChI is InChI=1S/C22H19IN2O2S/c1-16-6-13-19(14-7-16)28(26,27)25-21-5-3-2-4-20(21)24-22(25)15-10-17-8-11-18(23)12-9-17/h2-9,11-14H,10,15H2,1H3. The van der Waals surface area contributed by atoms with E-state index in [1.807, 2.05) is 43.3 Å². The molecule has 0 saturated carbocycles. The van der Waals surface area contributed by atoms with Gasteiger partial charge in [0.25, 0.3) is 10.0 Å². The number of hydrogen-bond donors (Lipinski definition) is 0. The number of aromatic nitrogens is 2. The van der Waals surface area contributed by atoms with E-state index in [2.05, 4.69) is 51.8 Å². The Bertz CT molecular complexity index is 1230. The van der Waals surface area contributed by atoms with Gasteiger partial charge in [-0.25, -0.2) is 17.4 Å². The van der Waals surface area contributed by atoms with Crippen LogP contribution in [0.15, 0.2) is 77.7 Å². The van der Waals surface area contributed by atoms with Crippen LogP contribution in [0.3, 0.4) is 0 Å². The smallest absolute Gasteiger partial charge is 0.232 e. The first-order chi connectivity index (χ1) is 13.4. The molecular weight excluding hydrogens is 483 g/mol. The molecule has 4 aromatic rings. The van der Waals surface area contributed by atoms with Gasteiger partial charge in [0.1, 0.15) is 5.82 Å². The van der Waals surface area contributed by atoms with Crippen LogP contribution in [0.2, 0.25) is 0 Å². The highest BCUT2D eigenvalue weighted by Crippen LogP contribution is 2.24. The lowest BCUT2D eigenvalue weighted by Gasteiger charge is -2.11. The number of aryl methyl sites for hydroxylation is 3. The molecule has 3 aromatic carbocycles. The van der Waals surface area contributed by atoms with Crippen LogP contribution in [0.1, 0.15) is 17.0 Å². The fourth-order valence-corrected chi connectivity index (χ4v) is 5.08. The van der Waals surface area contributed by atoms with Crippen LogP contribution in [0.25, 0.3) is 11.0 Å². The highest BCUT2D eigenvalue weighted by atomic mass is 127. The fourth-order valence-electron chi connectivity index (χ4n) is 3.20. The maximum atomic E-state index is 13.4. The molecule has 0 saturated heterocycles. The van der Waals surface area contributed by atoms with Crippen molar-refractivity contribution in [2.24, 2.45) is 0 Å². The molecule has 0 aliphatic carbocycles. The first kappa shape index (κ1) is 19.1. The Hall–Kier alpha value is -2.19. The van der Waals surface area contributed by atoms with Gasteiger partial charge in [0.05, 0.1) is 15.9 Å². The summed E-state index contributed by atoms with van der Waals surface area (Å²) in [6.07, 6.45) is 1.27. The lowest BCUT2D eigenvalue weighted by Crippen LogP contribution is -2.16. The van der Waals surface area contributed by atoms with Gasteiger partial charge in [-0.1, -0.05) is 42.0 Å². The summed E-state index contributed by atoms with van der Waals surface area (Å²) in [6.45, 7) is 1.94. The summed E-state index contributed by atoms with van der Waals surface area (Å²) in [5.74, 6) is 0.556. The number of benzene rings is 3. The number of para-hydroxylation sites is 2. The van der Waals surface area contributed by atoms with Gasteiger partial charge in [-0.2, -0.15) is 0 Å². The Kier molecular flexibility index (Phi) is 5.25. The van der Waals surface area contributed by atoms with Crippen molar-refractivity contribution in [1.29, 1.82) is 0 Å². The van der Waals surface area contributed by atoms with Gasteiger partial charge in [-0.3, -0.25) is 0 Å². The van der Waals surface area contributed by atoms with E-state index in [1.54, 1.807) is 12.1 Å². The summed E-state index contributed by atoms with van der Waals surface area (Å²) < 4.78 is 29.4. The van der Waals surface area contributed by atoms with Crippen LogP contribution < -0.4 is 0 Å². The predicted molar refractivity (Wildman–Crippen MR) is 120 cm³/mol. The van der Waals surface area contributed by atoms with Crippen molar-refractivity contribution in [3.05, 3.63) is 93.3 Å². The van der Waals surface area contributed by atoms with Crippen molar-refractivity contribution in [2.45, 2.75) is 24.7 Å². The lowest BCUT2D eigenvalue weighted by atomic mass is 10.1. The van der Waals surface area contributed by atoms with Crippen molar-refractivity contribution >= 4 is 43.6 Å². The van der Waals surface area contributed by atoms with Crippen LogP contribution in [-0.4, -0.2) is 17.4 Å². The molecule has 0 N–H and O–H groups in total. The van der Waals surface area contributed by atoms with Crippen molar-refractivity contribution in [1.82, 2.24) is 8.96 Å². The summed E-state index contributed by atoms with van der Waals surface area (Å²) in [5, 5.41) is 0. The van der Waals surface area contributed by atoms with E-state index in [0.717, 1.165) is 17.5 Å². The van der Waals surface area contributed by atoms with Crippen molar-refractivity contribution in [3.63, 3.8) is 0 Å². The van der Waals surface area contributed by atoms with E-state index >= 15 is 0 Å². The van der Waals surface area contributed by atoms with E-state index in [0.29, 0.717) is 23.3 Å². The van der Waals surface area contributed by atoms with Gasteiger partial charge < -0.3 is 0 Å². The molecule has 0 aliphatic heterocycles. The molecule has 6 heteroatoms. The minimum Gasteiger partial charge on any atom is -0.232 e. The van der Waals surface area contributed by atoms with E-state index in [1.165, 1.54) is 7.54 Å². The van der Waals surface area contributed by atoms with Gasteiger partial charge in [0.15, 0.2) is 0 Å². The van der Waals surface area contributed by atoms with E-state index < -0.39 is 10.0 Å². The van der Waals surface area contributed by atoms with Gasteiger partial charge >= 0.3 is 0 Å². The molecule has 0 aliphatic rings. The topological polar surface area (TPSA) is 52.0 Å². The Morgan fingerprint density at radius 2 is 1.57 bits per heavy atom. The average molecular weight is 502 g/mol. The van der Waals surface area contributed by atoms with Crippen molar-refractivity contribution < 1.29 is 8.42 Å². The molecule has 0 atom stereocenters. The van der Waals surface area contributed by atoms with Crippen LogP contribution >= 0.6 is 22.6 Å². The number of nitrogens with zero attached hydrogens (tertiary/aromatic N) is 2. The summed E-state index contributed by atoms with van der Waals surface area (Å²) in [6, 6.07) is 22.6. The molecule has 142 valence electrons. The monoisotopic (exact) mass is 502 g/mol. The zero-order valence-corrected chi connectivity index (χ0v) is 18.3. The quantitative estimate of drug-likeness (QED) is 0.362. The Labute approximate surface area is 178 Å². The maximum Gasteiger partial charge on any atom is 0.269 e. The summed E-state index contributed by atoms with van der Waals surface area (Å²) >= 11 is 2.27. The molecule has 28 heavy (non-hydrogen) atoms. The van der Waals surface area contributed by atoms with Gasteiger partial charge in [0, 0.05) is 9.99 Å². The molecule has 1 heterocycles. The molecule has 0 fully saturated rings. The van der Waals surface area contributed by atoms with Crippen LogP contribution in [0.5, 0.6) is 0 Å². The molecule has 4 nitrogen and oxygen atoms in total. The minimum atomic E-state index is -3.73. The maximum absolute atomic E-state index is 13.4. The summed E-state index contributed by atoms with van der Waals surface area (Å²) in [7, 11) is -3.73. The fraction of sp³-hybridized carbons (Fsp3) is 0.136.